The molecule has 0 spiro atoms. The smallest absolute Gasteiger partial charge is 0.320 e. The topological polar surface area (TPSA) is 69.7 Å². The van der Waals surface area contributed by atoms with Crippen LogP contribution < -0.4 is 0 Å². The summed E-state index contributed by atoms with van der Waals surface area (Å²) in [6.45, 7) is 9.11. The molecule has 0 aliphatic carbocycles. The summed E-state index contributed by atoms with van der Waals surface area (Å²) >= 11 is 0. The van der Waals surface area contributed by atoms with Crippen LogP contribution in [0.25, 0.3) is 0 Å². The second-order valence-electron chi connectivity index (χ2n) is 7.33. The number of hydrogen-bond donors (Lipinski definition) is 0. The van der Waals surface area contributed by atoms with Crippen LogP contribution in [0.2, 0.25) is 0 Å². The highest BCUT2D eigenvalue weighted by Gasteiger charge is 2.48. The summed E-state index contributed by atoms with van der Waals surface area (Å²) in [4.78, 5) is 12.7. The van der Waals surface area contributed by atoms with Crippen molar-refractivity contribution in [1.82, 2.24) is 0 Å². The van der Waals surface area contributed by atoms with E-state index in [9.17, 15) is 13.2 Å². The Morgan fingerprint density at radius 2 is 1.75 bits per heavy atom. The van der Waals surface area contributed by atoms with Gasteiger partial charge in [-0.05, 0) is 26.0 Å². The van der Waals surface area contributed by atoms with Gasteiger partial charge in [-0.1, -0.05) is 45.0 Å². The number of carbonyl (C=O) groups is 1. The standard InChI is InChI=1S/C18H24O5S/c1-13-18(5,15(19)23-16(22-13)17(2,3)4)11-12-24(20,21)14-9-7-6-8-10-14/h6-13,16H,1-5H3/b12-11-/t13-,16-,18-/m1/s1. The minimum atomic E-state index is -3.63. The molecule has 1 saturated heterocycles. The lowest BCUT2D eigenvalue weighted by molar-refractivity contribution is -0.263. The monoisotopic (exact) mass is 352 g/mol. The van der Waals surface area contributed by atoms with Crippen LogP contribution in [-0.4, -0.2) is 26.8 Å². The van der Waals surface area contributed by atoms with E-state index in [-0.39, 0.29) is 10.3 Å². The third-order valence-corrected chi connectivity index (χ3v) is 5.62. The number of sulfone groups is 1. The predicted molar refractivity (Wildman–Crippen MR) is 90.8 cm³/mol. The van der Waals surface area contributed by atoms with E-state index in [0.717, 1.165) is 5.41 Å². The Balaban J connectivity index is 2.27. The van der Waals surface area contributed by atoms with E-state index in [2.05, 4.69) is 0 Å². The molecule has 1 aromatic carbocycles. The molecule has 0 saturated carbocycles. The number of esters is 1. The summed E-state index contributed by atoms with van der Waals surface area (Å²) in [7, 11) is -3.63. The average Bonchev–Trinajstić information content (AvgIpc) is 2.50. The first-order valence-electron chi connectivity index (χ1n) is 7.83. The molecule has 2 rings (SSSR count). The molecule has 132 valence electrons. The van der Waals surface area contributed by atoms with Crippen molar-refractivity contribution >= 4 is 15.8 Å². The minimum Gasteiger partial charge on any atom is -0.434 e. The van der Waals surface area contributed by atoms with Gasteiger partial charge in [0, 0.05) is 10.8 Å². The molecular formula is C18H24O5S. The van der Waals surface area contributed by atoms with Crippen LogP contribution in [0.4, 0.5) is 0 Å². The lowest BCUT2D eigenvalue weighted by atomic mass is 9.83. The minimum absolute atomic E-state index is 0.176. The molecule has 0 bridgehead atoms. The summed E-state index contributed by atoms with van der Waals surface area (Å²) in [5.74, 6) is -0.485. The summed E-state index contributed by atoms with van der Waals surface area (Å²) in [6.07, 6.45) is 0.193. The van der Waals surface area contributed by atoms with Crippen molar-refractivity contribution in [3.05, 3.63) is 41.8 Å². The Bertz CT molecular complexity index is 730. The van der Waals surface area contributed by atoms with Crippen molar-refractivity contribution in [2.45, 2.75) is 51.9 Å². The zero-order chi connectivity index (χ0) is 18.2. The summed E-state index contributed by atoms with van der Waals surface area (Å²) < 4.78 is 36.0. The molecule has 1 fully saturated rings. The molecule has 5 nitrogen and oxygen atoms in total. The lowest BCUT2D eigenvalue weighted by Crippen LogP contribution is -2.52. The highest BCUT2D eigenvalue weighted by Crippen LogP contribution is 2.38. The van der Waals surface area contributed by atoms with Crippen molar-refractivity contribution in [2.24, 2.45) is 10.8 Å². The molecule has 0 amide bonds. The molecule has 1 aliphatic heterocycles. The summed E-state index contributed by atoms with van der Waals surface area (Å²) in [6, 6.07) is 8.06. The number of hydrogen-bond acceptors (Lipinski definition) is 5. The second-order valence-corrected chi connectivity index (χ2v) is 9.16. The third kappa shape index (κ3) is 3.70. The SMILES string of the molecule is C[C@H]1O[C@@H](C(C)(C)C)OC(=O)[C@]1(C)/C=C\S(=O)(=O)c1ccccc1. The van der Waals surface area contributed by atoms with Crippen molar-refractivity contribution in [3.63, 3.8) is 0 Å². The number of cyclic esters (lactones) is 1. The Hall–Kier alpha value is -1.66. The van der Waals surface area contributed by atoms with E-state index in [1.54, 1.807) is 32.0 Å². The number of rotatable bonds is 3. The van der Waals surface area contributed by atoms with Crippen molar-refractivity contribution < 1.29 is 22.7 Å². The number of ether oxygens (including phenoxy) is 2. The molecule has 1 aromatic rings. The van der Waals surface area contributed by atoms with Gasteiger partial charge < -0.3 is 9.47 Å². The van der Waals surface area contributed by atoms with E-state index in [4.69, 9.17) is 9.47 Å². The first kappa shape index (κ1) is 18.7. The largest absolute Gasteiger partial charge is 0.434 e. The zero-order valence-electron chi connectivity index (χ0n) is 14.6. The van der Waals surface area contributed by atoms with Crippen LogP contribution in [0.3, 0.4) is 0 Å². The first-order valence-corrected chi connectivity index (χ1v) is 9.37. The number of carbonyl (C=O) groups excluding carboxylic acids is 1. The van der Waals surface area contributed by atoms with Crippen LogP contribution in [0.5, 0.6) is 0 Å². The quantitative estimate of drug-likeness (QED) is 0.781. The molecule has 0 N–H and O–H groups in total. The molecule has 3 atom stereocenters. The first-order chi connectivity index (χ1) is 11.0. The van der Waals surface area contributed by atoms with Crippen LogP contribution >= 0.6 is 0 Å². The maximum atomic E-state index is 12.5. The lowest BCUT2D eigenvalue weighted by Gasteiger charge is -2.43. The molecule has 0 aromatic heterocycles. The molecule has 6 heteroatoms. The maximum Gasteiger partial charge on any atom is 0.320 e. The van der Waals surface area contributed by atoms with Gasteiger partial charge in [-0.2, -0.15) is 0 Å². The zero-order valence-corrected chi connectivity index (χ0v) is 15.5. The molecule has 24 heavy (non-hydrogen) atoms. The van der Waals surface area contributed by atoms with Gasteiger partial charge in [-0.15, -0.1) is 0 Å². The fraction of sp³-hybridized carbons (Fsp3) is 0.500. The van der Waals surface area contributed by atoms with Crippen LogP contribution in [0.15, 0.2) is 46.7 Å². The van der Waals surface area contributed by atoms with Crippen LogP contribution in [0.1, 0.15) is 34.6 Å². The van der Waals surface area contributed by atoms with Gasteiger partial charge >= 0.3 is 5.97 Å². The Kier molecular flexibility index (Phi) is 4.93. The average molecular weight is 352 g/mol. The van der Waals surface area contributed by atoms with Gasteiger partial charge in [0.25, 0.3) is 0 Å². The molecular weight excluding hydrogens is 328 g/mol. The predicted octanol–water partition coefficient (Wildman–Crippen LogP) is 3.31. The van der Waals surface area contributed by atoms with Gasteiger partial charge in [-0.3, -0.25) is 4.79 Å². The fourth-order valence-electron chi connectivity index (χ4n) is 2.25. The van der Waals surface area contributed by atoms with E-state index in [1.807, 2.05) is 20.8 Å². The fourth-order valence-corrected chi connectivity index (χ4v) is 3.40. The van der Waals surface area contributed by atoms with Crippen molar-refractivity contribution in [2.75, 3.05) is 0 Å². The van der Waals surface area contributed by atoms with Gasteiger partial charge in [-0.25, -0.2) is 8.42 Å². The van der Waals surface area contributed by atoms with Gasteiger partial charge in [0.05, 0.1) is 11.0 Å². The van der Waals surface area contributed by atoms with Crippen molar-refractivity contribution in [3.8, 4) is 0 Å². The molecule has 0 unspecified atom stereocenters. The highest BCUT2D eigenvalue weighted by molar-refractivity contribution is 7.94. The molecule has 1 aliphatic rings. The summed E-state index contributed by atoms with van der Waals surface area (Å²) in [5.41, 5.74) is -1.52. The van der Waals surface area contributed by atoms with E-state index >= 15 is 0 Å². The second kappa shape index (κ2) is 6.33. The van der Waals surface area contributed by atoms with Crippen molar-refractivity contribution in [1.29, 1.82) is 0 Å². The highest BCUT2D eigenvalue weighted by atomic mass is 32.2. The third-order valence-electron chi connectivity index (χ3n) is 4.20. The van der Waals surface area contributed by atoms with E-state index < -0.39 is 33.6 Å². The Morgan fingerprint density at radius 1 is 1.17 bits per heavy atom. The van der Waals surface area contributed by atoms with E-state index in [0.29, 0.717) is 0 Å². The number of benzene rings is 1. The van der Waals surface area contributed by atoms with Crippen LogP contribution in [-0.2, 0) is 24.1 Å². The summed E-state index contributed by atoms with van der Waals surface area (Å²) in [5, 5.41) is 1.06. The van der Waals surface area contributed by atoms with Gasteiger partial charge in [0.15, 0.2) is 9.84 Å². The Labute approximate surface area is 143 Å². The normalized spacial score (nSPS) is 28.8. The van der Waals surface area contributed by atoms with Gasteiger partial charge in [0.1, 0.15) is 5.41 Å². The molecule has 0 radical (unpaired) electrons. The maximum absolute atomic E-state index is 12.5. The Morgan fingerprint density at radius 3 is 2.25 bits per heavy atom. The van der Waals surface area contributed by atoms with Gasteiger partial charge in [0.2, 0.25) is 6.29 Å². The molecule has 1 heterocycles. The van der Waals surface area contributed by atoms with E-state index in [1.165, 1.54) is 18.2 Å². The van der Waals surface area contributed by atoms with Crippen LogP contribution in [0, 0.1) is 10.8 Å².